The molecule has 1 N–H and O–H groups in total. The van der Waals surface area contributed by atoms with Crippen molar-refractivity contribution < 1.29 is 14.6 Å². The maximum Gasteiger partial charge on any atom is 0.122 e. The van der Waals surface area contributed by atoms with Crippen LogP contribution in [0.25, 0.3) is 0 Å². The van der Waals surface area contributed by atoms with Crippen LogP contribution in [0.1, 0.15) is 44.1 Å². The fraction of sp³-hybridized carbons (Fsp3) is 0.647. The highest BCUT2D eigenvalue weighted by molar-refractivity contribution is 5.34. The van der Waals surface area contributed by atoms with E-state index in [1.807, 2.05) is 24.3 Å². The second-order valence-electron chi connectivity index (χ2n) is 5.71. The summed E-state index contributed by atoms with van der Waals surface area (Å²) < 4.78 is 11.1. The number of aliphatic hydroxyl groups is 1. The van der Waals surface area contributed by atoms with Gasteiger partial charge in [-0.1, -0.05) is 43.9 Å². The number of para-hydroxylation sites is 1. The topological polar surface area (TPSA) is 38.7 Å². The molecular formula is C17H26O3. The average molecular weight is 278 g/mol. The summed E-state index contributed by atoms with van der Waals surface area (Å²) in [5.41, 5.74) is 0.653. The first-order valence-corrected chi connectivity index (χ1v) is 7.57. The summed E-state index contributed by atoms with van der Waals surface area (Å²) in [5.74, 6) is 0.839. The molecule has 0 radical (unpaired) electrons. The molecule has 1 aliphatic rings. The second-order valence-corrected chi connectivity index (χ2v) is 5.71. The van der Waals surface area contributed by atoms with Crippen molar-refractivity contribution in [3.63, 3.8) is 0 Å². The predicted molar refractivity (Wildman–Crippen MR) is 80.1 cm³/mol. The molecule has 0 heterocycles. The zero-order valence-corrected chi connectivity index (χ0v) is 12.6. The van der Waals surface area contributed by atoms with E-state index in [0.29, 0.717) is 6.42 Å². The molecule has 1 unspecified atom stereocenters. The van der Waals surface area contributed by atoms with E-state index >= 15 is 0 Å². The van der Waals surface area contributed by atoms with E-state index < -0.39 is 11.7 Å². The van der Waals surface area contributed by atoms with E-state index in [-0.39, 0.29) is 0 Å². The SMILES string of the molecule is COc1ccccc1CC(O)C1(OC)CCCCCC1. The molecule has 0 amide bonds. The van der Waals surface area contributed by atoms with Crippen molar-refractivity contribution in [1.82, 2.24) is 0 Å². The monoisotopic (exact) mass is 278 g/mol. The summed E-state index contributed by atoms with van der Waals surface area (Å²) in [6, 6.07) is 7.89. The Kier molecular flexibility index (Phi) is 5.44. The largest absolute Gasteiger partial charge is 0.496 e. The standard InChI is InChI=1S/C17H26O3/c1-19-15-10-6-5-9-14(15)13-16(18)17(20-2)11-7-3-4-8-12-17/h5-6,9-10,16,18H,3-4,7-8,11-13H2,1-2H3. The summed E-state index contributed by atoms with van der Waals surface area (Å²) in [5, 5.41) is 10.7. The highest BCUT2D eigenvalue weighted by atomic mass is 16.5. The van der Waals surface area contributed by atoms with E-state index in [4.69, 9.17) is 9.47 Å². The molecule has 0 aromatic heterocycles. The minimum Gasteiger partial charge on any atom is -0.496 e. The summed E-state index contributed by atoms with van der Waals surface area (Å²) in [6.45, 7) is 0. The highest BCUT2D eigenvalue weighted by Crippen LogP contribution is 2.35. The van der Waals surface area contributed by atoms with Crippen LogP contribution in [0.15, 0.2) is 24.3 Å². The summed E-state index contributed by atoms with van der Waals surface area (Å²) >= 11 is 0. The molecule has 0 saturated heterocycles. The minimum absolute atomic E-state index is 0.392. The van der Waals surface area contributed by atoms with Gasteiger partial charge in [0, 0.05) is 13.5 Å². The van der Waals surface area contributed by atoms with Crippen LogP contribution in [-0.2, 0) is 11.2 Å². The molecule has 1 saturated carbocycles. The number of benzene rings is 1. The van der Waals surface area contributed by atoms with Crippen LogP contribution in [0.5, 0.6) is 5.75 Å². The molecule has 2 rings (SSSR count). The Balaban J connectivity index is 2.14. The van der Waals surface area contributed by atoms with Gasteiger partial charge in [-0.05, 0) is 24.5 Å². The molecule has 1 atom stereocenters. The first-order valence-electron chi connectivity index (χ1n) is 7.57. The Labute approximate surface area is 121 Å². The normalized spacial score (nSPS) is 20.1. The second kappa shape index (κ2) is 7.09. The number of hydrogen-bond donors (Lipinski definition) is 1. The van der Waals surface area contributed by atoms with Crippen molar-refractivity contribution in [3.05, 3.63) is 29.8 Å². The van der Waals surface area contributed by atoms with E-state index in [2.05, 4.69) is 0 Å². The number of hydrogen-bond acceptors (Lipinski definition) is 3. The van der Waals surface area contributed by atoms with E-state index in [0.717, 1.165) is 37.0 Å². The Morgan fingerprint density at radius 2 is 1.75 bits per heavy atom. The van der Waals surface area contributed by atoms with Crippen LogP contribution in [-0.4, -0.2) is 31.0 Å². The van der Waals surface area contributed by atoms with Gasteiger partial charge in [0.1, 0.15) is 5.75 Å². The molecule has 1 aromatic carbocycles. The Hall–Kier alpha value is -1.06. The molecule has 20 heavy (non-hydrogen) atoms. The van der Waals surface area contributed by atoms with Gasteiger partial charge in [-0.15, -0.1) is 0 Å². The Bertz CT molecular complexity index is 408. The lowest BCUT2D eigenvalue weighted by Gasteiger charge is -2.36. The maximum atomic E-state index is 10.7. The predicted octanol–water partition coefficient (Wildman–Crippen LogP) is 3.34. The van der Waals surface area contributed by atoms with Gasteiger partial charge in [0.2, 0.25) is 0 Å². The fourth-order valence-corrected chi connectivity index (χ4v) is 3.27. The van der Waals surface area contributed by atoms with Gasteiger partial charge < -0.3 is 14.6 Å². The van der Waals surface area contributed by atoms with Crippen molar-refractivity contribution >= 4 is 0 Å². The average Bonchev–Trinajstić information content (AvgIpc) is 2.74. The zero-order valence-electron chi connectivity index (χ0n) is 12.6. The minimum atomic E-state index is -0.484. The van der Waals surface area contributed by atoms with Gasteiger partial charge in [0.25, 0.3) is 0 Å². The van der Waals surface area contributed by atoms with Crippen LogP contribution in [0, 0.1) is 0 Å². The van der Waals surface area contributed by atoms with Crippen LogP contribution >= 0.6 is 0 Å². The van der Waals surface area contributed by atoms with Crippen molar-refractivity contribution in [1.29, 1.82) is 0 Å². The van der Waals surface area contributed by atoms with Crippen LogP contribution in [0.2, 0.25) is 0 Å². The number of methoxy groups -OCH3 is 2. The smallest absolute Gasteiger partial charge is 0.122 e. The highest BCUT2D eigenvalue weighted by Gasteiger charge is 2.38. The van der Waals surface area contributed by atoms with Gasteiger partial charge in [0.15, 0.2) is 0 Å². The Morgan fingerprint density at radius 3 is 2.35 bits per heavy atom. The number of rotatable bonds is 5. The maximum absolute atomic E-state index is 10.7. The lowest BCUT2D eigenvalue weighted by molar-refractivity contribution is -0.111. The molecule has 3 heteroatoms. The van der Waals surface area contributed by atoms with E-state index in [1.54, 1.807) is 14.2 Å². The summed E-state index contributed by atoms with van der Waals surface area (Å²) in [4.78, 5) is 0. The molecule has 1 fully saturated rings. The van der Waals surface area contributed by atoms with E-state index in [1.165, 1.54) is 12.8 Å². The molecule has 1 aliphatic carbocycles. The van der Waals surface area contributed by atoms with Gasteiger partial charge in [-0.25, -0.2) is 0 Å². The van der Waals surface area contributed by atoms with Crippen LogP contribution < -0.4 is 4.74 Å². The third kappa shape index (κ3) is 3.33. The molecular weight excluding hydrogens is 252 g/mol. The van der Waals surface area contributed by atoms with Gasteiger partial charge in [-0.3, -0.25) is 0 Å². The first kappa shape index (κ1) is 15.3. The van der Waals surface area contributed by atoms with Crippen LogP contribution in [0.3, 0.4) is 0 Å². The zero-order chi connectivity index (χ0) is 14.4. The van der Waals surface area contributed by atoms with Crippen molar-refractivity contribution in [2.75, 3.05) is 14.2 Å². The first-order chi connectivity index (χ1) is 9.72. The Morgan fingerprint density at radius 1 is 1.10 bits per heavy atom. The summed E-state index contributed by atoms with van der Waals surface area (Å²) in [6.07, 6.45) is 6.74. The molecule has 0 bridgehead atoms. The van der Waals surface area contributed by atoms with Gasteiger partial charge in [0.05, 0.1) is 18.8 Å². The molecule has 0 aliphatic heterocycles. The van der Waals surface area contributed by atoms with Crippen LogP contribution in [0.4, 0.5) is 0 Å². The molecule has 3 nitrogen and oxygen atoms in total. The third-order valence-electron chi connectivity index (χ3n) is 4.57. The lowest BCUT2D eigenvalue weighted by Crippen LogP contribution is -2.45. The molecule has 0 spiro atoms. The van der Waals surface area contributed by atoms with Crippen molar-refractivity contribution in [3.8, 4) is 5.75 Å². The van der Waals surface area contributed by atoms with Gasteiger partial charge in [-0.2, -0.15) is 0 Å². The van der Waals surface area contributed by atoms with Gasteiger partial charge >= 0.3 is 0 Å². The third-order valence-corrected chi connectivity index (χ3v) is 4.57. The van der Waals surface area contributed by atoms with E-state index in [9.17, 15) is 5.11 Å². The molecule has 1 aromatic rings. The fourth-order valence-electron chi connectivity index (χ4n) is 3.27. The quantitative estimate of drug-likeness (QED) is 0.840. The van der Waals surface area contributed by atoms with Crippen molar-refractivity contribution in [2.45, 2.75) is 56.7 Å². The molecule has 112 valence electrons. The summed E-state index contributed by atoms with van der Waals surface area (Å²) in [7, 11) is 3.40. The number of aliphatic hydroxyl groups excluding tert-OH is 1. The van der Waals surface area contributed by atoms with Crippen molar-refractivity contribution in [2.24, 2.45) is 0 Å². The lowest BCUT2D eigenvalue weighted by atomic mass is 9.84. The number of ether oxygens (including phenoxy) is 2.